The van der Waals surface area contributed by atoms with Crippen molar-refractivity contribution >= 4 is 21.7 Å². The molecule has 1 aromatic heterocycles. The van der Waals surface area contributed by atoms with Crippen molar-refractivity contribution in [2.45, 2.75) is 19.9 Å². The number of aromatic nitrogens is 2. The first-order valence-electron chi connectivity index (χ1n) is 5.28. The second-order valence-electron chi connectivity index (χ2n) is 4.10. The van der Waals surface area contributed by atoms with Crippen molar-refractivity contribution in [3.8, 4) is 11.3 Å². The van der Waals surface area contributed by atoms with E-state index in [4.69, 9.17) is 5.73 Å². The van der Waals surface area contributed by atoms with Crippen LogP contribution in [-0.4, -0.2) is 9.55 Å². The fourth-order valence-corrected chi connectivity index (χ4v) is 2.03. The van der Waals surface area contributed by atoms with Crippen LogP contribution in [0.1, 0.15) is 19.9 Å². The van der Waals surface area contributed by atoms with E-state index in [9.17, 15) is 4.39 Å². The lowest BCUT2D eigenvalue weighted by Crippen LogP contribution is -2.04. The van der Waals surface area contributed by atoms with E-state index in [-0.39, 0.29) is 11.9 Å². The van der Waals surface area contributed by atoms with Crippen LogP contribution in [0.2, 0.25) is 0 Å². The number of imidazole rings is 1. The summed E-state index contributed by atoms with van der Waals surface area (Å²) in [6, 6.07) is 4.92. The van der Waals surface area contributed by atoms with E-state index in [2.05, 4.69) is 20.9 Å². The molecule has 0 bridgehead atoms. The molecule has 90 valence electrons. The Morgan fingerprint density at radius 1 is 1.41 bits per heavy atom. The Hall–Kier alpha value is -1.36. The van der Waals surface area contributed by atoms with Crippen molar-refractivity contribution in [3.05, 3.63) is 34.8 Å². The third kappa shape index (κ3) is 2.20. The molecule has 0 spiro atoms. The predicted octanol–water partition coefficient (Wildman–Crippen LogP) is 3.61. The number of nitrogens with zero attached hydrogens (tertiary/aromatic N) is 2. The monoisotopic (exact) mass is 297 g/mol. The molecule has 0 fully saturated rings. The Labute approximate surface area is 108 Å². The van der Waals surface area contributed by atoms with Crippen molar-refractivity contribution in [1.82, 2.24) is 9.55 Å². The Bertz CT molecular complexity index is 549. The number of hydrogen-bond acceptors (Lipinski definition) is 2. The summed E-state index contributed by atoms with van der Waals surface area (Å²) in [7, 11) is 0. The van der Waals surface area contributed by atoms with Gasteiger partial charge in [0.15, 0.2) is 0 Å². The SMILES string of the molecule is CC(C)n1cnc(-c2cc(Br)ccc2F)c1N. The van der Waals surface area contributed by atoms with Crippen LogP contribution in [-0.2, 0) is 0 Å². The Balaban J connectivity index is 2.57. The lowest BCUT2D eigenvalue weighted by molar-refractivity contribution is 0.607. The predicted molar refractivity (Wildman–Crippen MR) is 70.1 cm³/mol. The number of anilines is 1. The number of nitrogen functional groups attached to an aromatic ring is 1. The van der Waals surface area contributed by atoms with Gasteiger partial charge in [0.05, 0.1) is 6.33 Å². The second-order valence-corrected chi connectivity index (χ2v) is 5.02. The summed E-state index contributed by atoms with van der Waals surface area (Å²) >= 11 is 3.31. The van der Waals surface area contributed by atoms with Gasteiger partial charge in [0.25, 0.3) is 0 Å². The lowest BCUT2D eigenvalue weighted by Gasteiger charge is -2.09. The first-order valence-corrected chi connectivity index (χ1v) is 6.07. The fraction of sp³-hybridized carbons (Fsp3) is 0.250. The summed E-state index contributed by atoms with van der Waals surface area (Å²) in [5.41, 5.74) is 6.87. The van der Waals surface area contributed by atoms with Gasteiger partial charge in [0.2, 0.25) is 0 Å². The van der Waals surface area contributed by atoms with E-state index < -0.39 is 0 Å². The molecule has 3 nitrogen and oxygen atoms in total. The quantitative estimate of drug-likeness (QED) is 0.920. The van der Waals surface area contributed by atoms with E-state index in [1.165, 1.54) is 6.07 Å². The second kappa shape index (κ2) is 4.49. The molecule has 0 unspecified atom stereocenters. The topological polar surface area (TPSA) is 43.8 Å². The van der Waals surface area contributed by atoms with Crippen LogP contribution in [0, 0.1) is 5.82 Å². The molecule has 0 aliphatic carbocycles. The minimum atomic E-state index is -0.325. The first kappa shape index (κ1) is 12.1. The average Bonchev–Trinajstić information content (AvgIpc) is 2.64. The van der Waals surface area contributed by atoms with Gasteiger partial charge in [-0.2, -0.15) is 0 Å². The maximum Gasteiger partial charge on any atom is 0.132 e. The molecule has 1 heterocycles. The van der Waals surface area contributed by atoms with Crippen molar-refractivity contribution in [2.75, 3.05) is 5.73 Å². The summed E-state index contributed by atoms with van der Waals surface area (Å²) in [5.74, 6) is 0.158. The molecule has 5 heteroatoms. The molecule has 0 radical (unpaired) electrons. The third-order valence-corrected chi connectivity index (χ3v) is 3.07. The molecule has 1 aromatic carbocycles. The van der Waals surface area contributed by atoms with Gasteiger partial charge in [-0.05, 0) is 32.0 Å². The molecule has 2 rings (SSSR count). The van der Waals surface area contributed by atoms with Crippen LogP contribution in [0.5, 0.6) is 0 Å². The molecule has 0 aliphatic rings. The van der Waals surface area contributed by atoms with Crippen LogP contribution < -0.4 is 5.73 Å². The van der Waals surface area contributed by atoms with Gasteiger partial charge in [0, 0.05) is 16.1 Å². The van der Waals surface area contributed by atoms with Gasteiger partial charge >= 0.3 is 0 Å². The zero-order valence-corrected chi connectivity index (χ0v) is 11.2. The molecule has 2 aromatic rings. The molecule has 2 N–H and O–H groups in total. The van der Waals surface area contributed by atoms with Crippen molar-refractivity contribution in [1.29, 1.82) is 0 Å². The van der Waals surface area contributed by atoms with E-state index in [1.807, 2.05) is 18.4 Å². The lowest BCUT2D eigenvalue weighted by atomic mass is 10.1. The maximum atomic E-state index is 13.7. The normalized spacial score (nSPS) is 11.1. The van der Waals surface area contributed by atoms with Crippen LogP contribution in [0.3, 0.4) is 0 Å². The molecule has 0 atom stereocenters. The fourth-order valence-electron chi connectivity index (χ4n) is 1.67. The van der Waals surface area contributed by atoms with Gasteiger partial charge in [-0.25, -0.2) is 9.37 Å². The highest BCUT2D eigenvalue weighted by Crippen LogP contribution is 2.30. The molecule has 0 amide bonds. The van der Waals surface area contributed by atoms with Crippen LogP contribution in [0.4, 0.5) is 10.2 Å². The van der Waals surface area contributed by atoms with Crippen LogP contribution in [0.15, 0.2) is 29.0 Å². The number of nitrogens with two attached hydrogens (primary N) is 1. The summed E-state index contributed by atoms with van der Waals surface area (Å²) in [4.78, 5) is 4.19. The zero-order valence-electron chi connectivity index (χ0n) is 9.61. The Morgan fingerprint density at radius 3 is 2.71 bits per heavy atom. The molecule has 0 aliphatic heterocycles. The first-order chi connectivity index (χ1) is 8.00. The molecule has 0 saturated carbocycles. The molecular formula is C12H13BrFN3. The number of halogens is 2. The summed E-state index contributed by atoms with van der Waals surface area (Å²) in [6.07, 6.45) is 1.63. The van der Waals surface area contributed by atoms with Crippen molar-refractivity contribution < 1.29 is 4.39 Å². The number of benzene rings is 1. The standard InChI is InChI=1S/C12H13BrFN3/c1-7(2)17-6-16-11(12(17)15)9-5-8(13)3-4-10(9)14/h3-7H,15H2,1-2H3. The minimum absolute atomic E-state index is 0.200. The van der Waals surface area contributed by atoms with Gasteiger partial charge in [-0.3, -0.25) is 0 Å². The van der Waals surface area contributed by atoms with E-state index in [1.54, 1.807) is 18.5 Å². The highest BCUT2D eigenvalue weighted by atomic mass is 79.9. The summed E-state index contributed by atoms with van der Waals surface area (Å²) in [6.45, 7) is 4.00. The molecule has 0 saturated heterocycles. The highest BCUT2D eigenvalue weighted by Gasteiger charge is 2.15. The van der Waals surface area contributed by atoms with Gasteiger partial charge in [-0.1, -0.05) is 15.9 Å². The zero-order chi connectivity index (χ0) is 12.6. The Morgan fingerprint density at radius 2 is 2.12 bits per heavy atom. The number of hydrogen-bond donors (Lipinski definition) is 1. The van der Waals surface area contributed by atoms with E-state index in [0.717, 1.165) is 4.47 Å². The van der Waals surface area contributed by atoms with E-state index >= 15 is 0 Å². The van der Waals surface area contributed by atoms with Gasteiger partial charge < -0.3 is 10.3 Å². The van der Waals surface area contributed by atoms with Crippen molar-refractivity contribution in [2.24, 2.45) is 0 Å². The van der Waals surface area contributed by atoms with E-state index in [0.29, 0.717) is 17.1 Å². The van der Waals surface area contributed by atoms with Gasteiger partial charge in [-0.15, -0.1) is 0 Å². The summed E-state index contributed by atoms with van der Waals surface area (Å²) < 4.78 is 16.3. The maximum absolute atomic E-state index is 13.7. The largest absolute Gasteiger partial charge is 0.383 e. The molecule has 17 heavy (non-hydrogen) atoms. The van der Waals surface area contributed by atoms with Crippen molar-refractivity contribution in [3.63, 3.8) is 0 Å². The van der Waals surface area contributed by atoms with Gasteiger partial charge in [0.1, 0.15) is 17.3 Å². The summed E-state index contributed by atoms with van der Waals surface area (Å²) in [5, 5.41) is 0. The molecular weight excluding hydrogens is 285 g/mol. The smallest absolute Gasteiger partial charge is 0.132 e. The number of rotatable bonds is 2. The Kier molecular flexibility index (Phi) is 3.19. The minimum Gasteiger partial charge on any atom is -0.383 e. The highest BCUT2D eigenvalue weighted by molar-refractivity contribution is 9.10. The third-order valence-electron chi connectivity index (χ3n) is 2.57. The van der Waals surface area contributed by atoms with Crippen LogP contribution in [0.25, 0.3) is 11.3 Å². The average molecular weight is 298 g/mol. The van der Waals surface area contributed by atoms with Crippen LogP contribution >= 0.6 is 15.9 Å².